The Morgan fingerprint density at radius 2 is 1.89 bits per heavy atom. The van der Waals surface area contributed by atoms with E-state index in [1.54, 1.807) is 45.0 Å². The van der Waals surface area contributed by atoms with Gasteiger partial charge in [-0.1, -0.05) is 18.2 Å². The van der Waals surface area contributed by atoms with E-state index in [0.717, 1.165) is 4.57 Å². The molecular formula is C14H15F2NO2. The van der Waals surface area contributed by atoms with E-state index < -0.39 is 18.1 Å². The molecule has 0 fully saturated rings. The van der Waals surface area contributed by atoms with E-state index in [9.17, 15) is 13.6 Å². The summed E-state index contributed by atoms with van der Waals surface area (Å²) < 4.78 is 32.2. The summed E-state index contributed by atoms with van der Waals surface area (Å²) in [6.45, 7) is 5.08. The van der Waals surface area contributed by atoms with Gasteiger partial charge in [0.2, 0.25) is 0 Å². The zero-order valence-corrected chi connectivity index (χ0v) is 11.0. The number of rotatable bonds is 1. The van der Waals surface area contributed by atoms with Crippen molar-refractivity contribution >= 4 is 17.0 Å². The van der Waals surface area contributed by atoms with E-state index in [1.165, 1.54) is 6.07 Å². The van der Waals surface area contributed by atoms with Crippen molar-refractivity contribution in [2.24, 2.45) is 0 Å². The quantitative estimate of drug-likeness (QED) is 0.768. The molecule has 0 saturated heterocycles. The highest BCUT2D eigenvalue weighted by Crippen LogP contribution is 2.28. The van der Waals surface area contributed by atoms with E-state index in [-0.39, 0.29) is 5.69 Å². The fourth-order valence-corrected chi connectivity index (χ4v) is 1.85. The van der Waals surface area contributed by atoms with Crippen molar-refractivity contribution < 1.29 is 18.3 Å². The van der Waals surface area contributed by atoms with Gasteiger partial charge in [0.05, 0.1) is 11.2 Å². The molecule has 0 radical (unpaired) electrons. The van der Waals surface area contributed by atoms with Crippen molar-refractivity contribution in [3.8, 4) is 0 Å². The number of nitrogens with zero attached hydrogens (tertiary/aromatic N) is 1. The predicted molar refractivity (Wildman–Crippen MR) is 68.5 cm³/mol. The summed E-state index contributed by atoms with van der Waals surface area (Å²) in [6, 6.07) is 8.03. The number of para-hydroxylation sites is 1. The molecule has 2 aromatic rings. The van der Waals surface area contributed by atoms with Crippen LogP contribution in [0.1, 0.15) is 32.9 Å². The maximum atomic E-state index is 13.0. The minimum atomic E-state index is -2.74. The third-order valence-electron chi connectivity index (χ3n) is 2.54. The number of carbonyl (C=O) groups is 1. The van der Waals surface area contributed by atoms with Crippen LogP contribution in [0.4, 0.5) is 13.6 Å². The SMILES string of the molecule is CC(C)(C)OC(=O)n1c(C(F)F)cc2ccccc21. The average Bonchev–Trinajstić information content (AvgIpc) is 2.65. The maximum absolute atomic E-state index is 13.0. The molecule has 0 unspecified atom stereocenters. The summed E-state index contributed by atoms with van der Waals surface area (Å²) in [5, 5.41) is 0.587. The number of carbonyl (C=O) groups excluding carboxylic acids is 1. The van der Waals surface area contributed by atoms with Gasteiger partial charge < -0.3 is 4.74 Å². The molecule has 5 heteroatoms. The minimum absolute atomic E-state index is 0.351. The lowest BCUT2D eigenvalue weighted by molar-refractivity contribution is 0.0511. The van der Waals surface area contributed by atoms with Gasteiger partial charge in [0.1, 0.15) is 5.60 Å². The smallest absolute Gasteiger partial charge is 0.419 e. The molecule has 0 amide bonds. The van der Waals surface area contributed by atoms with Crippen LogP contribution in [-0.4, -0.2) is 16.3 Å². The van der Waals surface area contributed by atoms with Crippen LogP contribution in [0, 0.1) is 0 Å². The lowest BCUT2D eigenvalue weighted by atomic mass is 10.2. The van der Waals surface area contributed by atoms with Crippen molar-refractivity contribution in [3.05, 3.63) is 36.0 Å². The van der Waals surface area contributed by atoms with Gasteiger partial charge in [-0.05, 0) is 32.9 Å². The molecule has 19 heavy (non-hydrogen) atoms. The van der Waals surface area contributed by atoms with Gasteiger partial charge in [-0.15, -0.1) is 0 Å². The average molecular weight is 267 g/mol. The van der Waals surface area contributed by atoms with Crippen molar-refractivity contribution in [1.82, 2.24) is 4.57 Å². The molecule has 1 heterocycles. The topological polar surface area (TPSA) is 31.2 Å². The Morgan fingerprint density at radius 3 is 2.47 bits per heavy atom. The molecular weight excluding hydrogens is 252 g/mol. The maximum Gasteiger partial charge on any atom is 0.419 e. The highest BCUT2D eigenvalue weighted by atomic mass is 19.3. The fourth-order valence-electron chi connectivity index (χ4n) is 1.85. The second-order valence-electron chi connectivity index (χ2n) is 5.24. The Bertz CT molecular complexity index is 611. The van der Waals surface area contributed by atoms with Crippen LogP contribution in [0.3, 0.4) is 0 Å². The summed E-state index contributed by atoms with van der Waals surface area (Å²) in [6.07, 6.45) is -3.52. The Hall–Kier alpha value is -1.91. The second-order valence-corrected chi connectivity index (χ2v) is 5.24. The number of alkyl halides is 2. The van der Waals surface area contributed by atoms with Crippen molar-refractivity contribution in [1.29, 1.82) is 0 Å². The van der Waals surface area contributed by atoms with E-state index in [4.69, 9.17) is 4.74 Å². The highest BCUT2D eigenvalue weighted by Gasteiger charge is 2.25. The Morgan fingerprint density at radius 1 is 1.26 bits per heavy atom. The van der Waals surface area contributed by atoms with Gasteiger partial charge in [0, 0.05) is 5.39 Å². The number of hydrogen-bond acceptors (Lipinski definition) is 2. The van der Waals surface area contributed by atoms with Crippen LogP contribution in [0.15, 0.2) is 30.3 Å². The van der Waals surface area contributed by atoms with Crippen LogP contribution in [0.5, 0.6) is 0 Å². The molecule has 0 bridgehead atoms. The summed E-state index contributed by atoms with van der Waals surface area (Å²) in [5.74, 6) is 0. The van der Waals surface area contributed by atoms with Crippen molar-refractivity contribution in [2.45, 2.75) is 32.8 Å². The standard InChI is InChI=1S/C14H15F2NO2/c1-14(2,3)19-13(18)17-10-7-5-4-6-9(10)8-11(17)12(15)16/h4-8,12H,1-3H3. The van der Waals surface area contributed by atoms with E-state index in [1.807, 2.05) is 0 Å². The van der Waals surface area contributed by atoms with Crippen LogP contribution < -0.4 is 0 Å². The summed E-state index contributed by atoms with van der Waals surface area (Å²) in [7, 11) is 0. The summed E-state index contributed by atoms with van der Waals surface area (Å²) >= 11 is 0. The molecule has 1 aromatic carbocycles. The number of hydrogen-bond donors (Lipinski definition) is 0. The van der Waals surface area contributed by atoms with E-state index >= 15 is 0 Å². The molecule has 1 aromatic heterocycles. The van der Waals surface area contributed by atoms with Crippen molar-refractivity contribution in [3.63, 3.8) is 0 Å². The molecule has 0 spiro atoms. The fraction of sp³-hybridized carbons (Fsp3) is 0.357. The van der Waals surface area contributed by atoms with Gasteiger partial charge in [-0.25, -0.2) is 18.1 Å². The van der Waals surface area contributed by atoms with Gasteiger partial charge >= 0.3 is 6.09 Å². The first-order chi connectivity index (χ1) is 8.79. The van der Waals surface area contributed by atoms with Crippen LogP contribution >= 0.6 is 0 Å². The largest absolute Gasteiger partial charge is 0.443 e. The van der Waals surface area contributed by atoms with E-state index in [0.29, 0.717) is 10.9 Å². The number of benzene rings is 1. The second kappa shape index (κ2) is 4.64. The molecule has 3 nitrogen and oxygen atoms in total. The molecule has 0 saturated carbocycles. The number of ether oxygens (including phenoxy) is 1. The zero-order chi connectivity index (χ0) is 14.2. The molecule has 0 aliphatic heterocycles. The van der Waals surface area contributed by atoms with Crippen LogP contribution in [-0.2, 0) is 4.74 Å². The Labute approximate surface area is 109 Å². The lowest BCUT2D eigenvalue weighted by Gasteiger charge is -2.20. The van der Waals surface area contributed by atoms with Crippen LogP contribution in [0.25, 0.3) is 10.9 Å². The predicted octanol–water partition coefficient (Wildman–Crippen LogP) is 4.36. The van der Waals surface area contributed by atoms with Crippen LogP contribution in [0.2, 0.25) is 0 Å². The van der Waals surface area contributed by atoms with Crippen molar-refractivity contribution in [2.75, 3.05) is 0 Å². The summed E-state index contributed by atoms with van der Waals surface area (Å²) in [5.41, 5.74) is -0.663. The molecule has 0 atom stereocenters. The Kier molecular flexibility index (Phi) is 3.30. The highest BCUT2D eigenvalue weighted by molar-refractivity contribution is 5.91. The first-order valence-corrected chi connectivity index (χ1v) is 5.91. The minimum Gasteiger partial charge on any atom is -0.443 e. The zero-order valence-electron chi connectivity index (χ0n) is 11.0. The molecule has 0 aliphatic rings. The van der Waals surface area contributed by atoms with Gasteiger partial charge in [0.25, 0.3) is 6.43 Å². The van der Waals surface area contributed by atoms with Gasteiger partial charge in [0.15, 0.2) is 0 Å². The van der Waals surface area contributed by atoms with Gasteiger partial charge in [-0.2, -0.15) is 0 Å². The number of aromatic nitrogens is 1. The third-order valence-corrected chi connectivity index (χ3v) is 2.54. The monoisotopic (exact) mass is 267 g/mol. The van der Waals surface area contributed by atoms with Gasteiger partial charge in [-0.3, -0.25) is 0 Å². The number of fused-ring (bicyclic) bond motifs is 1. The molecule has 0 aliphatic carbocycles. The normalized spacial score (nSPS) is 12.1. The third kappa shape index (κ3) is 2.75. The van der Waals surface area contributed by atoms with E-state index in [2.05, 4.69) is 0 Å². The number of halogens is 2. The first kappa shape index (κ1) is 13.5. The first-order valence-electron chi connectivity index (χ1n) is 5.91. The summed E-state index contributed by atoms with van der Waals surface area (Å²) in [4.78, 5) is 12.1. The molecule has 2 rings (SSSR count). The lowest BCUT2D eigenvalue weighted by Crippen LogP contribution is -2.28. The molecule has 0 N–H and O–H groups in total. The Balaban J connectivity index is 2.56. The molecule has 102 valence electrons.